The average Bonchev–Trinajstić information content (AvgIpc) is 3.31. The summed E-state index contributed by atoms with van der Waals surface area (Å²) < 4.78 is 22.7. The van der Waals surface area contributed by atoms with Gasteiger partial charge in [-0.2, -0.15) is 0 Å². The highest BCUT2D eigenvalue weighted by Gasteiger charge is 2.23. The zero-order chi connectivity index (χ0) is 24.1. The van der Waals surface area contributed by atoms with Crippen molar-refractivity contribution in [3.05, 3.63) is 81.2 Å². The number of halogens is 2. The van der Waals surface area contributed by atoms with Crippen molar-refractivity contribution in [2.24, 2.45) is 0 Å². The van der Waals surface area contributed by atoms with Gasteiger partial charge in [-0.3, -0.25) is 0 Å². The van der Waals surface area contributed by atoms with Crippen molar-refractivity contribution in [3.8, 4) is 11.3 Å². The molecule has 3 heterocycles. The molecule has 172 valence electrons. The minimum Gasteiger partial charge on any atom is -0.478 e. The van der Waals surface area contributed by atoms with E-state index in [1.54, 1.807) is 6.07 Å². The van der Waals surface area contributed by atoms with Crippen LogP contribution in [0.5, 0.6) is 0 Å². The Bertz CT molecular complexity index is 1600. The summed E-state index contributed by atoms with van der Waals surface area (Å²) in [4.78, 5) is 21.2. The number of rotatable bonds is 5. The molecule has 34 heavy (non-hydrogen) atoms. The number of imidazole rings is 1. The lowest BCUT2D eigenvalue weighted by atomic mass is 10.0. The van der Waals surface area contributed by atoms with E-state index in [4.69, 9.17) is 14.4 Å². The molecule has 0 atom stereocenters. The number of benzene rings is 2. The van der Waals surface area contributed by atoms with E-state index in [9.17, 15) is 14.3 Å². The lowest BCUT2D eigenvalue weighted by Gasteiger charge is -2.09. The lowest BCUT2D eigenvalue weighted by molar-refractivity contribution is 0.0692. The molecule has 2 aromatic carbocycles. The summed E-state index contributed by atoms with van der Waals surface area (Å²) in [7, 11) is 0. The van der Waals surface area contributed by atoms with Crippen LogP contribution in [0, 0.1) is 19.7 Å². The molecule has 6 nitrogen and oxygen atoms in total. The van der Waals surface area contributed by atoms with E-state index in [2.05, 4.69) is 27.4 Å². The molecule has 0 radical (unpaired) electrons. The predicted octanol–water partition coefficient (Wildman–Crippen LogP) is 6.67. The number of hydrogen-bond acceptors (Lipinski definition) is 4. The van der Waals surface area contributed by atoms with Gasteiger partial charge in [0.15, 0.2) is 10.3 Å². The highest BCUT2D eigenvalue weighted by molar-refractivity contribution is 9.10. The molecule has 0 saturated carbocycles. The van der Waals surface area contributed by atoms with E-state index < -0.39 is 17.3 Å². The van der Waals surface area contributed by atoms with Crippen LogP contribution in [0.2, 0.25) is 0 Å². The van der Waals surface area contributed by atoms with Crippen molar-refractivity contribution in [2.75, 3.05) is 0 Å². The first-order valence-electron chi connectivity index (χ1n) is 10.8. The number of pyridine rings is 1. The topological polar surface area (TPSA) is 81.2 Å². The Hall–Kier alpha value is -3.52. The fraction of sp³-hybridized carbons (Fsp3) is 0.192. The molecule has 0 fully saturated rings. The van der Waals surface area contributed by atoms with Crippen LogP contribution in [0.3, 0.4) is 0 Å². The predicted molar refractivity (Wildman–Crippen MR) is 132 cm³/mol. The average molecular weight is 522 g/mol. The minimum absolute atomic E-state index is 0.194. The summed E-state index contributed by atoms with van der Waals surface area (Å²) in [6.45, 7) is 6.66. The van der Waals surface area contributed by atoms with Gasteiger partial charge in [-0.05, 0) is 59.1 Å². The maximum atomic E-state index is 14.3. The van der Waals surface area contributed by atoms with Crippen molar-refractivity contribution in [1.82, 2.24) is 14.5 Å². The molecule has 0 spiro atoms. The summed E-state index contributed by atoms with van der Waals surface area (Å²) in [5.74, 6) is -0.892. The van der Waals surface area contributed by atoms with Gasteiger partial charge in [0, 0.05) is 28.5 Å². The third kappa shape index (κ3) is 3.58. The molecular formula is C26H21BrFN3O3. The van der Waals surface area contributed by atoms with Crippen LogP contribution < -0.4 is 0 Å². The molecule has 3 aromatic heterocycles. The number of furan rings is 1. The standard InChI is InChI=1S/C26H21BrFN3O3/c1-4-20-30-22-13(2)10-14(3)29-25(22)31(20)12-15-8-9-16-18(11-15)24(27)34-23(16)17-6-5-7-19(28)21(17)26(32)33/h5-11H,4,12H2,1-3H3,(H,32,33). The number of fused-ring (bicyclic) bond motifs is 2. The number of hydrogen-bond donors (Lipinski definition) is 1. The molecular weight excluding hydrogens is 501 g/mol. The largest absolute Gasteiger partial charge is 0.478 e. The number of aromatic carboxylic acids is 1. The Balaban J connectivity index is 1.63. The van der Waals surface area contributed by atoms with Gasteiger partial charge in [0.2, 0.25) is 0 Å². The molecule has 0 amide bonds. The van der Waals surface area contributed by atoms with Crippen molar-refractivity contribution in [3.63, 3.8) is 0 Å². The van der Waals surface area contributed by atoms with Gasteiger partial charge in [-0.25, -0.2) is 19.2 Å². The molecule has 5 aromatic rings. The summed E-state index contributed by atoms with van der Waals surface area (Å²) >= 11 is 3.45. The van der Waals surface area contributed by atoms with Crippen LogP contribution in [0.15, 0.2) is 51.6 Å². The lowest BCUT2D eigenvalue weighted by Crippen LogP contribution is -2.05. The van der Waals surface area contributed by atoms with Gasteiger partial charge in [-0.15, -0.1) is 0 Å². The maximum absolute atomic E-state index is 14.3. The molecule has 0 aliphatic rings. The molecule has 0 saturated heterocycles. The zero-order valence-electron chi connectivity index (χ0n) is 18.8. The van der Waals surface area contributed by atoms with Crippen LogP contribution in [-0.2, 0) is 13.0 Å². The van der Waals surface area contributed by atoms with E-state index in [0.29, 0.717) is 22.4 Å². The van der Waals surface area contributed by atoms with Crippen LogP contribution in [-0.4, -0.2) is 25.6 Å². The number of nitrogens with zero attached hydrogens (tertiary/aromatic N) is 3. The molecule has 8 heteroatoms. The van der Waals surface area contributed by atoms with Crippen LogP contribution >= 0.6 is 15.9 Å². The van der Waals surface area contributed by atoms with Crippen LogP contribution in [0.4, 0.5) is 4.39 Å². The summed E-state index contributed by atoms with van der Waals surface area (Å²) in [6, 6.07) is 12.0. The fourth-order valence-electron chi connectivity index (χ4n) is 4.45. The molecule has 0 aliphatic heterocycles. The van der Waals surface area contributed by atoms with Gasteiger partial charge in [-0.1, -0.05) is 31.2 Å². The zero-order valence-corrected chi connectivity index (χ0v) is 20.4. The maximum Gasteiger partial charge on any atom is 0.339 e. The third-order valence-corrected chi connectivity index (χ3v) is 6.55. The Morgan fingerprint density at radius 3 is 2.68 bits per heavy atom. The number of aromatic nitrogens is 3. The molecule has 1 N–H and O–H groups in total. The van der Waals surface area contributed by atoms with E-state index >= 15 is 0 Å². The second kappa shape index (κ2) is 8.36. The second-order valence-corrected chi connectivity index (χ2v) is 8.99. The number of carbonyl (C=O) groups is 1. The molecule has 0 bridgehead atoms. The number of aryl methyl sites for hydroxylation is 3. The van der Waals surface area contributed by atoms with Gasteiger partial charge in [0.05, 0.1) is 6.54 Å². The SMILES string of the molecule is CCc1nc2c(C)cc(C)nc2n1Cc1ccc2c(-c3cccc(F)c3C(=O)O)oc(Br)c2c1. The van der Waals surface area contributed by atoms with E-state index in [1.807, 2.05) is 38.1 Å². The minimum atomic E-state index is -1.34. The Kier molecular flexibility index (Phi) is 5.48. The number of carboxylic acids is 1. The van der Waals surface area contributed by atoms with E-state index in [-0.39, 0.29) is 5.56 Å². The molecule has 0 aliphatic carbocycles. The van der Waals surface area contributed by atoms with Crippen molar-refractivity contribution >= 4 is 43.8 Å². The first-order chi connectivity index (χ1) is 16.3. The summed E-state index contributed by atoms with van der Waals surface area (Å²) in [5.41, 5.74) is 4.58. The first-order valence-corrected chi connectivity index (χ1v) is 11.6. The third-order valence-electron chi connectivity index (χ3n) is 5.96. The quantitative estimate of drug-likeness (QED) is 0.279. The normalized spacial score (nSPS) is 11.6. The summed E-state index contributed by atoms with van der Waals surface area (Å²) in [6.07, 6.45) is 0.772. The van der Waals surface area contributed by atoms with Crippen molar-refractivity contribution in [2.45, 2.75) is 33.7 Å². The van der Waals surface area contributed by atoms with Crippen LogP contribution in [0.1, 0.15) is 39.9 Å². The Labute approximate surface area is 203 Å². The number of carboxylic acid groups (broad SMARTS) is 1. The highest BCUT2D eigenvalue weighted by Crippen LogP contribution is 2.39. The monoisotopic (exact) mass is 521 g/mol. The van der Waals surface area contributed by atoms with Crippen molar-refractivity contribution in [1.29, 1.82) is 0 Å². The van der Waals surface area contributed by atoms with Gasteiger partial charge < -0.3 is 14.1 Å². The van der Waals surface area contributed by atoms with Crippen LogP contribution in [0.25, 0.3) is 33.3 Å². The van der Waals surface area contributed by atoms with E-state index in [0.717, 1.165) is 51.7 Å². The van der Waals surface area contributed by atoms with E-state index in [1.165, 1.54) is 6.07 Å². The highest BCUT2D eigenvalue weighted by atomic mass is 79.9. The molecule has 5 rings (SSSR count). The van der Waals surface area contributed by atoms with Gasteiger partial charge in [0.1, 0.15) is 28.5 Å². The first kappa shape index (κ1) is 22.3. The fourth-order valence-corrected chi connectivity index (χ4v) is 4.94. The Morgan fingerprint density at radius 2 is 1.94 bits per heavy atom. The summed E-state index contributed by atoms with van der Waals surface area (Å²) in [5, 5.41) is 11.0. The Morgan fingerprint density at radius 1 is 1.15 bits per heavy atom. The molecule has 0 unspecified atom stereocenters. The van der Waals surface area contributed by atoms with Gasteiger partial charge in [0.25, 0.3) is 0 Å². The second-order valence-electron chi connectivity index (χ2n) is 8.27. The smallest absolute Gasteiger partial charge is 0.339 e. The van der Waals surface area contributed by atoms with Gasteiger partial charge >= 0.3 is 5.97 Å². The van der Waals surface area contributed by atoms with Crippen molar-refractivity contribution < 1.29 is 18.7 Å².